The summed E-state index contributed by atoms with van der Waals surface area (Å²) < 4.78 is 5.41. The van der Waals surface area contributed by atoms with Crippen molar-refractivity contribution in [2.75, 3.05) is 36.5 Å². The van der Waals surface area contributed by atoms with Crippen LogP contribution in [0.5, 0.6) is 0 Å². The minimum atomic E-state index is -0.179. The molecule has 1 aliphatic heterocycles. The van der Waals surface area contributed by atoms with E-state index in [1.807, 2.05) is 19.1 Å². The van der Waals surface area contributed by atoms with Crippen LogP contribution in [0.1, 0.15) is 44.9 Å². The molecule has 1 amide bonds. The summed E-state index contributed by atoms with van der Waals surface area (Å²) in [6, 6.07) is 17.0. The van der Waals surface area contributed by atoms with Crippen LogP contribution in [0.15, 0.2) is 48.5 Å². The molecule has 5 heteroatoms. The van der Waals surface area contributed by atoms with Crippen LogP contribution >= 0.6 is 0 Å². The molecule has 1 fully saturated rings. The molecule has 2 aromatic carbocycles. The van der Waals surface area contributed by atoms with Crippen molar-refractivity contribution in [3.05, 3.63) is 59.7 Å². The van der Waals surface area contributed by atoms with Gasteiger partial charge < -0.3 is 20.3 Å². The first-order chi connectivity index (χ1) is 14.5. The molecular formula is C25H36N3O2+. The van der Waals surface area contributed by atoms with Gasteiger partial charge in [-0.05, 0) is 43.2 Å². The second-order valence-electron chi connectivity index (χ2n) is 8.48. The number of amides is 1. The third kappa shape index (κ3) is 5.83. The Bertz CT molecular complexity index is 796. The van der Waals surface area contributed by atoms with Crippen LogP contribution in [0.4, 0.5) is 11.4 Å². The Balaban J connectivity index is 1.59. The largest absolute Gasteiger partial charge is 0.378 e. The Hall–Kier alpha value is -2.37. The number of aryl methyl sites for hydroxylation is 1. The number of anilines is 2. The lowest BCUT2D eigenvalue weighted by molar-refractivity contribution is -0.718. The van der Waals surface area contributed by atoms with Crippen LogP contribution in [0.2, 0.25) is 0 Å². The van der Waals surface area contributed by atoms with E-state index in [4.69, 9.17) is 4.74 Å². The first-order valence-electron chi connectivity index (χ1n) is 11.2. The zero-order chi connectivity index (χ0) is 21.5. The lowest BCUT2D eigenvalue weighted by Crippen LogP contribution is -2.93. The second-order valence-corrected chi connectivity index (χ2v) is 8.48. The number of nitrogens with zero attached hydrogens (tertiary/aromatic N) is 1. The molecule has 3 rings (SSSR count). The smallest absolute Gasteiger partial charge is 0.282 e. The number of quaternary nitrogens is 1. The van der Waals surface area contributed by atoms with E-state index >= 15 is 0 Å². The van der Waals surface area contributed by atoms with E-state index in [-0.39, 0.29) is 18.0 Å². The van der Waals surface area contributed by atoms with Gasteiger partial charge in [-0.1, -0.05) is 45.0 Å². The first-order valence-corrected chi connectivity index (χ1v) is 11.2. The van der Waals surface area contributed by atoms with Crippen LogP contribution in [0.25, 0.3) is 0 Å². The quantitative estimate of drug-likeness (QED) is 0.701. The summed E-state index contributed by atoms with van der Waals surface area (Å²) in [5.41, 5.74) is 4.63. The highest BCUT2D eigenvalue weighted by Crippen LogP contribution is 2.20. The fourth-order valence-electron chi connectivity index (χ4n) is 3.93. The predicted octanol–water partition coefficient (Wildman–Crippen LogP) is 3.37. The molecule has 1 heterocycles. The standard InChI is InChI=1S/C25H35N3O2/c1-5-20-6-8-21(9-7-20)24(18(2)3)26-19(4)25(29)27-22-10-12-23(13-11-22)28-14-16-30-17-15-28/h6-13,18-19,24,26H,5,14-17H2,1-4H3,(H,27,29)/p+1/t19-,24+/m1/s1. The minimum absolute atomic E-state index is 0.0324. The summed E-state index contributed by atoms with van der Waals surface area (Å²) in [5.74, 6) is 0.463. The van der Waals surface area contributed by atoms with E-state index < -0.39 is 0 Å². The molecule has 2 atom stereocenters. The molecule has 1 aliphatic rings. The number of carbonyl (C=O) groups is 1. The maximum absolute atomic E-state index is 12.8. The molecule has 3 N–H and O–H groups in total. The Kier molecular flexibility index (Phi) is 7.88. The van der Waals surface area contributed by atoms with Crippen molar-refractivity contribution < 1.29 is 14.8 Å². The Morgan fingerprint density at radius 2 is 1.67 bits per heavy atom. The van der Waals surface area contributed by atoms with Crippen LogP contribution in [-0.4, -0.2) is 38.3 Å². The van der Waals surface area contributed by atoms with E-state index in [9.17, 15) is 4.79 Å². The van der Waals surface area contributed by atoms with Crippen molar-refractivity contribution in [1.82, 2.24) is 0 Å². The summed E-state index contributed by atoms with van der Waals surface area (Å²) in [7, 11) is 0. The summed E-state index contributed by atoms with van der Waals surface area (Å²) >= 11 is 0. The fourth-order valence-corrected chi connectivity index (χ4v) is 3.93. The van der Waals surface area contributed by atoms with Crippen molar-refractivity contribution in [3.8, 4) is 0 Å². The van der Waals surface area contributed by atoms with Gasteiger partial charge in [0.1, 0.15) is 6.04 Å². The molecular weight excluding hydrogens is 374 g/mol. The highest BCUT2D eigenvalue weighted by molar-refractivity contribution is 5.93. The highest BCUT2D eigenvalue weighted by Gasteiger charge is 2.26. The molecule has 0 radical (unpaired) electrons. The molecule has 1 saturated heterocycles. The van der Waals surface area contributed by atoms with Gasteiger partial charge in [-0.3, -0.25) is 4.79 Å². The topological polar surface area (TPSA) is 58.2 Å². The number of hydrogen-bond donors (Lipinski definition) is 2. The molecule has 162 valence electrons. The van der Waals surface area contributed by atoms with Crippen LogP contribution in [-0.2, 0) is 16.0 Å². The zero-order valence-corrected chi connectivity index (χ0v) is 18.7. The Morgan fingerprint density at radius 3 is 2.23 bits per heavy atom. The number of hydrogen-bond acceptors (Lipinski definition) is 3. The normalized spacial score (nSPS) is 16.4. The van der Waals surface area contributed by atoms with E-state index in [1.54, 1.807) is 0 Å². The number of rotatable bonds is 8. The maximum atomic E-state index is 12.8. The molecule has 0 unspecified atom stereocenters. The van der Waals surface area contributed by atoms with Crippen LogP contribution in [0, 0.1) is 5.92 Å². The van der Waals surface area contributed by atoms with E-state index in [2.05, 4.69) is 72.7 Å². The van der Waals surface area contributed by atoms with Gasteiger partial charge in [0.15, 0.2) is 6.04 Å². The number of carbonyl (C=O) groups excluding carboxylic acids is 1. The van der Waals surface area contributed by atoms with Gasteiger partial charge in [0, 0.05) is 35.9 Å². The average Bonchev–Trinajstić information content (AvgIpc) is 2.78. The molecule has 0 bridgehead atoms. The van der Waals surface area contributed by atoms with Crippen molar-refractivity contribution in [2.45, 2.75) is 46.2 Å². The number of ether oxygens (including phenoxy) is 1. The third-order valence-electron chi connectivity index (χ3n) is 5.91. The molecule has 0 spiro atoms. The van der Waals surface area contributed by atoms with Gasteiger partial charge in [0.2, 0.25) is 0 Å². The SMILES string of the molecule is CCc1ccc([C@@H]([NH2+][C@H](C)C(=O)Nc2ccc(N3CCOCC3)cc2)C(C)C)cc1. The number of morpholine rings is 1. The van der Waals surface area contributed by atoms with Gasteiger partial charge in [0.25, 0.3) is 5.91 Å². The first kappa shape index (κ1) is 22.3. The summed E-state index contributed by atoms with van der Waals surface area (Å²) in [4.78, 5) is 15.1. The molecule has 30 heavy (non-hydrogen) atoms. The average molecular weight is 411 g/mol. The van der Waals surface area contributed by atoms with Gasteiger partial charge in [-0.15, -0.1) is 0 Å². The number of nitrogens with two attached hydrogens (primary N) is 1. The summed E-state index contributed by atoms with van der Waals surface area (Å²) in [6.07, 6.45) is 1.04. The zero-order valence-electron chi connectivity index (χ0n) is 18.7. The van der Waals surface area contributed by atoms with Crippen LogP contribution in [0.3, 0.4) is 0 Å². The predicted molar refractivity (Wildman–Crippen MR) is 123 cm³/mol. The van der Waals surface area contributed by atoms with Gasteiger partial charge >= 0.3 is 0 Å². The van der Waals surface area contributed by atoms with Crippen molar-refractivity contribution in [1.29, 1.82) is 0 Å². The lowest BCUT2D eigenvalue weighted by atomic mass is 9.94. The lowest BCUT2D eigenvalue weighted by Gasteiger charge is -2.29. The van der Waals surface area contributed by atoms with Crippen molar-refractivity contribution >= 4 is 17.3 Å². The number of benzene rings is 2. The maximum Gasteiger partial charge on any atom is 0.282 e. The molecule has 5 nitrogen and oxygen atoms in total. The summed E-state index contributed by atoms with van der Waals surface area (Å²) in [6.45, 7) is 11.9. The van der Waals surface area contributed by atoms with Gasteiger partial charge in [-0.2, -0.15) is 0 Å². The van der Waals surface area contributed by atoms with Gasteiger partial charge in [0.05, 0.1) is 13.2 Å². The number of nitrogens with one attached hydrogen (secondary N) is 1. The molecule has 0 aromatic heterocycles. The van der Waals surface area contributed by atoms with Crippen molar-refractivity contribution in [2.24, 2.45) is 5.92 Å². The van der Waals surface area contributed by atoms with Gasteiger partial charge in [-0.25, -0.2) is 0 Å². The fraction of sp³-hybridized carbons (Fsp3) is 0.480. The monoisotopic (exact) mass is 410 g/mol. The summed E-state index contributed by atoms with van der Waals surface area (Å²) in [5, 5.41) is 5.26. The third-order valence-corrected chi connectivity index (χ3v) is 5.91. The van der Waals surface area contributed by atoms with Crippen molar-refractivity contribution in [3.63, 3.8) is 0 Å². The van der Waals surface area contributed by atoms with E-state index in [0.29, 0.717) is 5.92 Å². The Morgan fingerprint density at radius 1 is 1.03 bits per heavy atom. The molecule has 0 aliphatic carbocycles. The highest BCUT2D eigenvalue weighted by atomic mass is 16.5. The Labute approximate surface area is 180 Å². The van der Waals surface area contributed by atoms with Crippen LogP contribution < -0.4 is 15.5 Å². The van der Waals surface area contributed by atoms with E-state index in [1.165, 1.54) is 16.8 Å². The molecule has 0 saturated carbocycles. The minimum Gasteiger partial charge on any atom is -0.378 e. The molecule has 2 aromatic rings. The van der Waals surface area contributed by atoms with E-state index in [0.717, 1.165) is 38.4 Å². The second kappa shape index (κ2) is 10.6.